The van der Waals surface area contributed by atoms with Crippen molar-refractivity contribution in [2.24, 2.45) is 5.41 Å². The fourth-order valence-electron chi connectivity index (χ4n) is 3.19. The minimum atomic E-state index is 0.273. The zero-order valence-electron chi connectivity index (χ0n) is 11.4. The molecular formula is C15H18N4. The Labute approximate surface area is 113 Å². The van der Waals surface area contributed by atoms with Crippen LogP contribution in [0.15, 0.2) is 18.3 Å². The summed E-state index contributed by atoms with van der Waals surface area (Å²) in [4.78, 5) is 0. The van der Waals surface area contributed by atoms with Crippen LogP contribution in [0.1, 0.15) is 56.8 Å². The normalized spacial score (nSPS) is 22.3. The first kappa shape index (κ1) is 12.2. The number of hydrogen-bond donors (Lipinski definition) is 0. The molecule has 1 fully saturated rings. The molecule has 1 aliphatic rings. The molecule has 0 spiro atoms. The monoisotopic (exact) mass is 254 g/mol. The Hall–Kier alpha value is -1.89. The van der Waals surface area contributed by atoms with Gasteiger partial charge in [0.15, 0.2) is 5.65 Å². The van der Waals surface area contributed by atoms with Crippen LogP contribution in [-0.2, 0) is 0 Å². The standard InChI is InChI=1S/C15H18N4/c1-15(2)7-4-3-5-12(15)14-18-17-13-9-11(10-16)6-8-19(13)14/h6,8-9,12H,3-5,7H2,1-2H3. The molecule has 2 aromatic heterocycles. The molecule has 1 aliphatic carbocycles. The van der Waals surface area contributed by atoms with Gasteiger partial charge in [-0.15, -0.1) is 10.2 Å². The van der Waals surface area contributed by atoms with Gasteiger partial charge < -0.3 is 0 Å². The quantitative estimate of drug-likeness (QED) is 0.784. The first-order valence-electron chi connectivity index (χ1n) is 6.86. The Morgan fingerprint density at radius 3 is 2.95 bits per heavy atom. The summed E-state index contributed by atoms with van der Waals surface area (Å²) in [5.41, 5.74) is 1.68. The van der Waals surface area contributed by atoms with Gasteiger partial charge >= 0.3 is 0 Å². The van der Waals surface area contributed by atoms with Crippen molar-refractivity contribution < 1.29 is 0 Å². The molecule has 0 N–H and O–H groups in total. The molecule has 2 aromatic rings. The number of nitriles is 1. The van der Waals surface area contributed by atoms with E-state index in [0.29, 0.717) is 11.5 Å². The number of hydrogen-bond acceptors (Lipinski definition) is 3. The third kappa shape index (κ3) is 1.99. The number of rotatable bonds is 1. The first-order chi connectivity index (χ1) is 9.12. The predicted molar refractivity (Wildman–Crippen MR) is 72.7 cm³/mol. The number of fused-ring (bicyclic) bond motifs is 1. The van der Waals surface area contributed by atoms with Crippen molar-refractivity contribution >= 4 is 5.65 Å². The Morgan fingerprint density at radius 1 is 1.37 bits per heavy atom. The Morgan fingerprint density at radius 2 is 2.21 bits per heavy atom. The molecule has 2 heterocycles. The minimum Gasteiger partial charge on any atom is -0.286 e. The Balaban J connectivity index is 2.08. The molecule has 4 nitrogen and oxygen atoms in total. The number of aromatic nitrogens is 3. The largest absolute Gasteiger partial charge is 0.286 e. The molecule has 98 valence electrons. The van der Waals surface area contributed by atoms with Gasteiger partial charge in [0.25, 0.3) is 0 Å². The summed E-state index contributed by atoms with van der Waals surface area (Å²) in [5.74, 6) is 1.49. The molecule has 1 unspecified atom stereocenters. The highest BCUT2D eigenvalue weighted by Crippen LogP contribution is 2.46. The summed E-state index contributed by atoms with van der Waals surface area (Å²) < 4.78 is 2.04. The lowest BCUT2D eigenvalue weighted by Gasteiger charge is -2.37. The molecule has 0 aliphatic heterocycles. The van der Waals surface area contributed by atoms with E-state index in [9.17, 15) is 0 Å². The lowest BCUT2D eigenvalue weighted by atomic mass is 9.68. The maximum atomic E-state index is 8.93. The van der Waals surface area contributed by atoms with Gasteiger partial charge in [0, 0.05) is 18.2 Å². The van der Waals surface area contributed by atoms with Gasteiger partial charge in [0.2, 0.25) is 0 Å². The highest BCUT2D eigenvalue weighted by Gasteiger charge is 2.36. The van der Waals surface area contributed by atoms with Crippen LogP contribution in [0, 0.1) is 16.7 Å². The van der Waals surface area contributed by atoms with Crippen LogP contribution in [0.3, 0.4) is 0 Å². The average molecular weight is 254 g/mol. The van der Waals surface area contributed by atoms with Gasteiger partial charge in [-0.05, 0) is 24.3 Å². The van der Waals surface area contributed by atoms with Gasteiger partial charge in [-0.25, -0.2) is 0 Å². The van der Waals surface area contributed by atoms with E-state index >= 15 is 0 Å². The summed E-state index contributed by atoms with van der Waals surface area (Å²) in [6.45, 7) is 4.64. The summed E-state index contributed by atoms with van der Waals surface area (Å²) in [6, 6.07) is 5.77. The van der Waals surface area contributed by atoms with Crippen LogP contribution < -0.4 is 0 Å². The van der Waals surface area contributed by atoms with Crippen LogP contribution in [-0.4, -0.2) is 14.6 Å². The van der Waals surface area contributed by atoms with Gasteiger partial charge in [-0.1, -0.05) is 26.7 Å². The van der Waals surface area contributed by atoms with E-state index in [0.717, 1.165) is 11.5 Å². The first-order valence-corrected chi connectivity index (χ1v) is 6.86. The van der Waals surface area contributed by atoms with Crippen LogP contribution in [0.5, 0.6) is 0 Å². The fourth-order valence-corrected chi connectivity index (χ4v) is 3.19. The second-order valence-corrected chi connectivity index (χ2v) is 6.10. The average Bonchev–Trinajstić information content (AvgIpc) is 2.81. The van der Waals surface area contributed by atoms with Gasteiger partial charge in [-0.2, -0.15) is 5.26 Å². The van der Waals surface area contributed by atoms with E-state index in [4.69, 9.17) is 5.26 Å². The molecule has 1 atom stereocenters. The molecular weight excluding hydrogens is 236 g/mol. The predicted octanol–water partition coefficient (Wildman–Crippen LogP) is 3.28. The zero-order chi connectivity index (χ0) is 13.5. The summed E-state index contributed by atoms with van der Waals surface area (Å²) >= 11 is 0. The van der Waals surface area contributed by atoms with Crippen LogP contribution in [0.25, 0.3) is 5.65 Å². The molecule has 0 saturated heterocycles. The Kier molecular flexibility index (Phi) is 2.78. The lowest BCUT2D eigenvalue weighted by Crippen LogP contribution is -2.27. The second kappa shape index (κ2) is 4.34. The molecule has 1 saturated carbocycles. The molecule has 0 amide bonds. The maximum absolute atomic E-state index is 8.93. The molecule has 3 rings (SSSR count). The van der Waals surface area contributed by atoms with Crippen molar-refractivity contribution in [1.29, 1.82) is 5.26 Å². The van der Waals surface area contributed by atoms with Crippen molar-refractivity contribution in [3.05, 3.63) is 29.7 Å². The zero-order valence-corrected chi connectivity index (χ0v) is 11.4. The molecule has 0 bridgehead atoms. The summed E-state index contributed by atoms with van der Waals surface area (Å²) in [6.07, 6.45) is 6.91. The number of nitrogens with zero attached hydrogens (tertiary/aromatic N) is 4. The molecule has 0 aromatic carbocycles. The highest BCUT2D eigenvalue weighted by molar-refractivity contribution is 5.45. The smallest absolute Gasteiger partial charge is 0.162 e. The van der Waals surface area contributed by atoms with E-state index in [1.807, 2.05) is 16.7 Å². The van der Waals surface area contributed by atoms with Gasteiger partial charge in [0.1, 0.15) is 5.82 Å². The van der Waals surface area contributed by atoms with Gasteiger partial charge in [0.05, 0.1) is 11.6 Å². The third-order valence-electron chi connectivity index (χ3n) is 4.38. The molecule has 19 heavy (non-hydrogen) atoms. The van der Waals surface area contributed by atoms with Crippen molar-refractivity contribution in [1.82, 2.24) is 14.6 Å². The lowest BCUT2D eigenvalue weighted by molar-refractivity contribution is 0.191. The maximum Gasteiger partial charge on any atom is 0.162 e. The van der Waals surface area contributed by atoms with Crippen molar-refractivity contribution in [2.45, 2.75) is 45.4 Å². The highest BCUT2D eigenvalue weighted by atomic mass is 15.2. The van der Waals surface area contributed by atoms with E-state index in [1.165, 1.54) is 25.7 Å². The van der Waals surface area contributed by atoms with Crippen molar-refractivity contribution in [3.63, 3.8) is 0 Å². The summed E-state index contributed by atoms with van der Waals surface area (Å²) in [5, 5.41) is 17.6. The van der Waals surface area contributed by atoms with E-state index in [-0.39, 0.29) is 5.41 Å². The second-order valence-electron chi connectivity index (χ2n) is 6.10. The summed E-state index contributed by atoms with van der Waals surface area (Å²) in [7, 11) is 0. The van der Waals surface area contributed by atoms with E-state index in [2.05, 4.69) is 30.1 Å². The fraction of sp³-hybridized carbons (Fsp3) is 0.533. The molecule has 0 radical (unpaired) electrons. The van der Waals surface area contributed by atoms with Crippen molar-refractivity contribution in [2.75, 3.05) is 0 Å². The third-order valence-corrected chi connectivity index (χ3v) is 4.38. The molecule has 4 heteroatoms. The van der Waals surface area contributed by atoms with Crippen molar-refractivity contribution in [3.8, 4) is 6.07 Å². The topological polar surface area (TPSA) is 54.0 Å². The Bertz CT molecular complexity index is 648. The minimum absolute atomic E-state index is 0.273. The number of pyridine rings is 1. The van der Waals surface area contributed by atoms with E-state index in [1.54, 1.807) is 6.07 Å². The van der Waals surface area contributed by atoms with Crippen LogP contribution >= 0.6 is 0 Å². The van der Waals surface area contributed by atoms with Gasteiger partial charge in [-0.3, -0.25) is 4.40 Å². The van der Waals surface area contributed by atoms with E-state index < -0.39 is 0 Å². The van der Waals surface area contributed by atoms with Crippen LogP contribution in [0.4, 0.5) is 0 Å². The van der Waals surface area contributed by atoms with Crippen LogP contribution in [0.2, 0.25) is 0 Å². The SMILES string of the molecule is CC1(C)CCCCC1c1nnc2cc(C#N)ccn12.